The van der Waals surface area contributed by atoms with Crippen molar-refractivity contribution in [2.24, 2.45) is 0 Å². The lowest BCUT2D eigenvalue weighted by atomic mass is 10.1. The van der Waals surface area contributed by atoms with E-state index in [1.807, 2.05) is 53.4 Å². The summed E-state index contributed by atoms with van der Waals surface area (Å²) in [6.07, 6.45) is 1.93. The first-order chi connectivity index (χ1) is 13.2. The Morgan fingerprint density at radius 1 is 0.926 bits per heavy atom. The molecule has 27 heavy (non-hydrogen) atoms. The average molecular weight is 366 g/mol. The minimum Gasteiger partial charge on any atom is -0.351 e. The van der Waals surface area contributed by atoms with Gasteiger partial charge in [0.25, 0.3) is 11.8 Å². The van der Waals surface area contributed by atoms with Crippen LogP contribution in [0.25, 0.3) is 0 Å². The average Bonchev–Trinajstić information content (AvgIpc) is 2.73. The van der Waals surface area contributed by atoms with E-state index in [2.05, 4.69) is 17.4 Å². The number of carbonyl (C=O) groups is 2. The second-order valence-corrected chi connectivity index (χ2v) is 7.02. The van der Waals surface area contributed by atoms with Gasteiger partial charge in [0.15, 0.2) is 6.54 Å². The molecule has 2 aromatic rings. The number of piperazine rings is 1. The molecule has 5 nitrogen and oxygen atoms in total. The van der Waals surface area contributed by atoms with Crippen molar-refractivity contribution < 1.29 is 14.5 Å². The summed E-state index contributed by atoms with van der Waals surface area (Å²) in [5.41, 5.74) is 2.04. The van der Waals surface area contributed by atoms with Crippen LogP contribution >= 0.6 is 0 Å². The zero-order chi connectivity index (χ0) is 18.9. The number of benzene rings is 2. The molecule has 3 rings (SSSR count). The molecule has 1 heterocycles. The summed E-state index contributed by atoms with van der Waals surface area (Å²) >= 11 is 0. The SMILES string of the molecule is O=C(C[NH+]1CCN(C(=O)c2ccccc2)CC1)NCCCc1ccccc1. The summed E-state index contributed by atoms with van der Waals surface area (Å²) < 4.78 is 0. The van der Waals surface area contributed by atoms with Crippen LogP contribution in [0, 0.1) is 0 Å². The fourth-order valence-corrected chi connectivity index (χ4v) is 3.42. The topological polar surface area (TPSA) is 53.9 Å². The molecule has 1 saturated heterocycles. The minimum absolute atomic E-state index is 0.0833. The highest BCUT2D eigenvalue weighted by Gasteiger charge is 2.25. The Hall–Kier alpha value is -2.66. The molecular formula is C22H28N3O2+. The maximum Gasteiger partial charge on any atom is 0.275 e. The number of carbonyl (C=O) groups excluding carboxylic acids is 2. The maximum atomic E-state index is 12.5. The van der Waals surface area contributed by atoms with E-state index in [1.54, 1.807) is 0 Å². The second-order valence-electron chi connectivity index (χ2n) is 7.02. The number of rotatable bonds is 7. The maximum absolute atomic E-state index is 12.5. The molecule has 142 valence electrons. The van der Waals surface area contributed by atoms with Gasteiger partial charge in [0.1, 0.15) is 0 Å². The van der Waals surface area contributed by atoms with Gasteiger partial charge >= 0.3 is 0 Å². The Kier molecular flexibility index (Phi) is 6.99. The van der Waals surface area contributed by atoms with E-state index in [9.17, 15) is 9.59 Å². The molecule has 1 aliphatic heterocycles. The van der Waals surface area contributed by atoms with Crippen LogP contribution in [-0.4, -0.2) is 56.0 Å². The van der Waals surface area contributed by atoms with Gasteiger partial charge in [0.05, 0.1) is 26.2 Å². The second kappa shape index (κ2) is 9.88. The van der Waals surface area contributed by atoms with Gasteiger partial charge in [-0.3, -0.25) is 9.59 Å². The van der Waals surface area contributed by atoms with Crippen molar-refractivity contribution in [2.45, 2.75) is 12.8 Å². The summed E-state index contributed by atoms with van der Waals surface area (Å²) in [6.45, 7) is 4.22. The summed E-state index contributed by atoms with van der Waals surface area (Å²) in [7, 11) is 0. The van der Waals surface area contributed by atoms with Crippen LogP contribution in [0.3, 0.4) is 0 Å². The first-order valence-electron chi connectivity index (χ1n) is 9.71. The Morgan fingerprint density at radius 2 is 1.56 bits per heavy atom. The molecule has 0 unspecified atom stereocenters. The number of nitrogens with zero attached hydrogens (tertiary/aromatic N) is 1. The highest BCUT2D eigenvalue weighted by atomic mass is 16.2. The number of amides is 2. The Bertz CT molecular complexity index is 726. The van der Waals surface area contributed by atoms with Crippen molar-refractivity contribution in [1.29, 1.82) is 0 Å². The fraction of sp³-hybridized carbons (Fsp3) is 0.364. The van der Waals surface area contributed by atoms with Crippen LogP contribution in [0.4, 0.5) is 0 Å². The van der Waals surface area contributed by atoms with Gasteiger partial charge in [-0.15, -0.1) is 0 Å². The van der Waals surface area contributed by atoms with E-state index >= 15 is 0 Å². The van der Waals surface area contributed by atoms with Crippen molar-refractivity contribution >= 4 is 11.8 Å². The number of hydrogen-bond acceptors (Lipinski definition) is 2. The van der Waals surface area contributed by atoms with E-state index < -0.39 is 0 Å². The van der Waals surface area contributed by atoms with E-state index in [0.29, 0.717) is 26.2 Å². The summed E-state index contributed by atoms with van der Waals surface area (Å²) in [5, 5.41) is 3.02. The quantitative estimate of drug-likeness (QED) is 0.712. The van der Waals surface area contributed by atoms with E-state index in [0.717, 1.165) is 31.5 Å². The van der Waals surface area contributed by atoms with Gasteiger partial charge in [-0.25, -0.2) is 0 Å². The molecule has 2 aromatic carbocycles. The number of hydrogen-bond donors (Lipinski definition) is 2. The molecule has 0 aromatic heterocycles. The molecule has 1 aliphatic rings. The standard InChI is InChI=1S/C22H27N3O2/c26-21(23-13-7-10-19-8-3-1-4-9-19)18-24-14-16-25(17-15-24)22(27)20-11-5-2-6-12-20/h1-6,8-9,11-12H,7,10,13-18H2,(H,23,26)/p+1. The van der Waals surface area contributed by atoms with Crippen LogP contribution in [0.1, 0.15) is 22.3 Å². The molecule has 0 spiro atoms. The highest BCUT2D eigenvalue weighted by Crippen LogP contribution is 2.04. The number of quaternary nitrogens is 1. The third kappa shape index (κ3) is 5.93. The van der Waals surface area contributed by atoms with Crippen molar-refractivity contribution in [3.63, 3.8) is 0 Å². The van der Waals surface area contributed by atoms with E-state index in [1.165, 1.54) is 10.5 Å². The van der Waals surface area contributed by atoms with Gasteiger partial charge in [0.2, 0.25) is 0 Å². The largest absolute Gasteiger partial charge is 0.351 e. The zero-order valence-corrected chi connectivity index (χ0v) is 15.7. The first kappa shape index (κ1) is 19.1. The molecule has 1 fully saturated rings. The van der Waals surface area contributed by atoms with Crippen molar-refractivity contribution in [3.05, 3.63) is 71.8 Å². The third-order valence-corrected chi connectivity index (χ3v) is 5.00. The van der Waals surface area contributed by atoms with Crippen molar-refractivity contribution in [3.8, 4) is 0 Å². The van der Waals surface area contributed by atoms with Gasteiger partial charge in [-0.2, -0.15) is 0 Å². The molecule has 5 heteroatoms. The molecule has 0 aliphatic carbocycles. The van der Waals surface area contributed by atoms with Gasteiger partial charge in [-0.1, -0.05) is 48.5 Å². The molecule has 0 atom stereocenters. The first-order valence-corrected chi connectivity index (χ1v) is 9.71. The summed E-state index contributed by atoms with van der Waals surface area (Å²) in [4.78, 5) is 27.7. The monoisotopic (exact) mass is 366 g/mol. The smallest absolute Gasteiger partial charge is 0.275 e. The molecular weight excluding hydrogens is 338 g/mol. The number of nitrogens with one attached hydrogen (secondary N) is 2. The molecule has 0 radical (unpaired) electrons. The lowest BCUT2D eigenvalue weighted by molar-refractivity contribution is -0.896. The van der Waals surface area contributed by atoms with Gasteiger partial charge in [0, 0.05) is 12.1 Å². The molecule has 2 N–H and O–H groups in total. The fourth-order valence-electron chi connectivity index (χ4n) is 3.42. The predicted molar refractivity (Wildman–Crippen MR) is 106 cm³/mol. The Labute approximate surface area is 161 Å². The normalized spacial score (nSPS) is 14.7. The van der Waals surface area contributed by atoms with Crippen LogP contribution in [0.5, 0.6) is 0 Å². The zero-order valence-electron chi connectivity index (χ0n) is 15.7. The Balaban J connectivity index is 1.33. The third-order valence-electron chi connectivity index (χ3n) is 5.00. The van der Waals surface area contributed by atoms with Gasteiger partial charge < -0.3 is 15.1 Å². The molecule has 0 saturated carbocycles. The van der Waals surface area contributed by atoms with Crippen molar-refractivity contribution in [2.75, 3.05) is 39.3 Å². The molecule has 0 bridgehead atoms. The van der Waals surface area contributed by atoms with E-state index in [-0.39, 0.29) is 11.8 Å². The number of aryl methyl sites for hydroxylation is 1. The predicted octanol–water partition coefficient (Wildman–Crippen LogP) is 0.776. The Morgan fingerprint density at radius 3 is 2.22 bits per heavy atom. The van der Waals surface area contributed by atoms with Gasteiger partial charge in [-0.05, 0) is 30.5 Å². The van der Waals surface area contributed by atoms with Crippen LogP contribution in [-0.2, 0) is 11.2 Å². The van der Waals surface area contributed by atoms with Crippen LogP contribution in [0.2, 0.25) is 0 Å². The summed E-state index contributed by atoms with van der Waals surface area (Å²) in [5.74, 6) is 0.181. The minimum atomic E-state index is 0.0833. The lowest BCUT2D eigenvalue weighted by Crippen LogP contribution is -3.15. The molecule has 2 amide bonds. The summed E-state index contributed by atoms with van der Waals surface area (Å²) in [6, 6.07) is 19.7. The lowest BCUT2D eigenvalue weighted by Gasteiger charge is -2.32. The van der Waals surface area contributed by atoms with Crippen molar-refractivity contribution in [1.82, 2.24) is 10.2 Å². The van der Waals surface area contributed by atoms with Crippen LogP contribution in [0.15, 0.2) is 60.7 Å². The van der Waals surface area contributed by atoms with Crippen LogP contribution < -0.4 is 10.2 Å². The highest BCUT2D eigenvalue weighted by molar-refractivity contribution is 5.94. The van der Waals surface area contributed by atoms with E-state index in [4.69, 9.17) is 0 Å².